The Morgan fingerprint density at radius 1 is 1.33 bits per heavy atom. The smallest absolute Gasteiger partial charge is 0.125 e. The summed E-state index contributed by atoms with van der Waals surface area (Å²) in [5, 5.41) is 3.32. The summed E-state index contributed by atoms with van der Waals surface area (Å²) in [4.78, 5) is 9.35. The first kappa shape index (κ1) is 16.2. The predicted octanol–water partition coefficient (Wildman–Crippen LogP) is 2.68. The Morgan fingerprint density at radius 2 is 2.10 bits per heavy atom. The molecule has 2 rings (SSSR count). The number of piperidine rings is 1. The number of aromatic nitrogens is 1. The van der Waals surface area contributed by atoms with Crippen LogP contribution in [0.2, 0.25) is 0 Å². The van der Waals surface area contributed by atoms with Gasteiger partial charge in [-0.2, -0.15) is 0 Å². The summed E-state index contributed by atoms with van der Waals surface area (Å²) in [5.74, 6) is 1.84. The van der Waals surface area contributed by atoms with Crippen molar-refractivity contribution in [2.75, 3.05) is 45.6 Å². The lowest BCUT2D eigenvalue weighted by Crippen LogP contribution is -2.35. The van der Waals surface area contributed by atoms with Crippen molar-refractivity contribution in [1.82, 2.24) is 14.8 Å². The van der Waals surface area contributed by atoms with Crippen molar-refractivity contribution in [2.45, 2.75) is 32.7 Å². The van der Waals surface area contributed by atoms with Crippen LogP contribution in [0.5, 0.6) is 0 Å². The van der Waals surface area contributed by atoms with E-state index in [2.05, 4.69) is 53.3 Å². The Hall–Kier alpha value is -1.13. The summed E-state index contributed by atoms with van der Waals surface area (Å²) in [5.41, 5.74) is 1.30. The molecule has 1 aliphatic heterocycles. The largest absolute Gasteiger partial charge is 0.370 e. The summed E-state index contributed by atoms with van der Waals surface area (Å²) in [6.45, 7) is 7.84. The molecule has 1 N–H and O–H groups in total. The van der Waals surface area contributed by atoms with E-state index >= 15 is 0 Å². The van der Waals surface area contributed by atoms with Gasteiger partial charge >= 0.3 is 0 Å². The molecule has 0 saturated carbocycles. The van der Waals surface area contributed by atoms with Gasteiger partial charge in [-0.15, -0.1) is 0 Å². The highest BCUT2D eigenvalue weighted by Gasteiger charge is 2.18. The highest BCUT2D eigenvalue weighted by Crippen LogP contribution is 2.17. The van der Waals surface area contributed by atoms with Crippen molar-refractivity contribution in [1.29, 1.82) is 0 Å². The quantitative estimate of drug-likeness (QED) is 0.836. The Kier molecular flexibility index (Phi) is 6.46. The molecule has 0 radical (unpaired) electrons. The van der Waals surface area contributed by atoms with E-state index in [0.29, 0.717) is 0 Å². The molecule has 21 heavy (non-hydrogen) atoms. The molecule has 0 spiro atoms. The molecule has 1 aromatic rings. The zero-order valence-electron chi connectivity index (χ0n) is 13.8. The lowest BCUT2D eigenvalue weighted by molar-refractivity contribution is 0.173. The summed E-state index contributed by atoms with van der Waals surface area (Å²) in [6, 6.07) is 4.28. The summed E-state index contributed by atoms with van der Waals surface area (Å²) < 4.78 is 0. The van der Waals surface area contributed by atoms with Gasteiger partial charge in [-0.05, 0) is 64.0 Å². The van der Waals surface area contributed by atoms with Gasteiger partial charge in [0.15, 0.2) is 0 Å². The molecule has 4 nitrogen and oxygen atoms in total. The highest BCUT2D eigenvalue weighted by atomic mass is 15.1. The lowest BCUT2D eigenvalue weighted by atomic mass is 9.96. The van der Waals surface area contributed by atoms with Crippen molar-refractivity contribution in [3.8, 4) is 0 Å². The van der Waals surface area contributed by atoms with Crippen LogP contribution in [0.3, 0.4) is 0 Å². The van der Waals surface area contributed by atoms with Crippen LogP contribution in [0.1, 0.15) is 31.7 Å². The van der Waals surface area contributed by atoms with E-state index in [0.717, 1.165) is 31.2 Å². The summed E-state index contributed by atoms with van der Waals surface area (Å²) >= 11 is 0. The maximum absolute atomic E-state index is 4.48. The third kappa shape index (κ3) is 5.64. The average molecular weight is 290 g/mol. The minimum absolute atomic E-state index is 0.852. The number of nitrogens with one attached hydrogen (secondary N) is 1. The molecule has 0 amide bonds. The van der Waals surface area contributed by atoms with Gasteiger partial charge in [-0.3, -0.25) is 0 Å². The lowest BCUT2D eigenvalue weighted by Gasteiger charge is -2.31. The first-order chi connectivity index (χ1) is 10.2. The van der Waals surface area contributed by atoms with E-state index in [4.69, 9.17) is 0 Å². The first-order valence-corrected chi connectivity index (χ1v) is 8.23. The normalized spacial score (nSPS) is 17.3. The first-order valence-electron chi connectivity index (χ1n) is 8.23. The second-order valence-corrected chi connectivity index (χ2v) is 6.42. The average Bonchev–Trinajstić information content (AvgIpc) is 2.49. The monoisotopic (exact) mass is 290 g/mol. The SMILES string of the molecule is CCCNc1ccc(CN(C)CC2CCN(C)CC2)cn1. The predicted molar refractivity (Wildman–Crippen MR) is 89.6 cm³/mol. The summed E-state index contributed by atoms with van der Waals surface area (Å²) in [7, 11) is 4.45. The van der Waals surface area contributed by atoms with Crippen LogP contribution < -0.4 is 5.32 Å². The fourth-order valence-electron chi connectivity index (χ4n) is 2.94. The number of pyridine rings is 1. The van der Waals surface area contributed by atoms with Crippen molar-refractivity contribution < 1.29 is 0 Å². The summed E-state index contributed by atoms with van der Waals surface area (Å²) in [6.07, 6.45) is 5.80. The second kappa shape index (κ2) is 8.35. The topological polar surface area (TPSA) is 31.4 Å². The van der Waals surface area contributed by atoms with E-state index < -0.39 is 0 Å². The Labute approximate surface area is 129 Å². The fourth-order valence-corrected chi connectivity index (χ4v) is 2.94. The third-order valence-corrected chi connectivity index (χ3v) is 4.24. The zero-order chi connectivity index (χ0) is 15.1. The van der Waals surface area contributed by atoms with Crippen LogP contribution in [0.25, 0.3) is 0 Å². The van der Waals surface area contributed by atoms with E-state index in [1.807, 2.05) is 6.20 Å². The molecule has 0 aromatic carbocycles. The van der Waals surface area contributed by atoms with E-state index in [-0.39, 0.29) is 0 Å². The second-order valence-electron chi connectivity index (χ2n) is 6.42. The molecule has 1 fully saturated rings. The van der Waals surface area contributed by atoms with Crippen LogP contribution in [-0.4, -0.2) is 55.1 Å². The van der Waals surface area contributed by atoms with Gasteiger partial charge in [0, 0.05) is 25.8 Å². The van der Waals surface area contributed by atoms with Crippen molar-refractivity contribution >= 4 is 5.82 Å². The molecule has 1 saturated heterocycles. The van der Waals surface area contributed by atoms with Gasteiger partial charge in [0.1, 0.15) is 5.82 Å². The molecule has 1 aliphatic rings. The number of rotatable bonds is 7. The van der Waals surface area contributed by atoms with Crippen LogP contribution in [0.15, 0.2) is 18.3 Å². The molecule has 0 unspecified atom stereocenters. The van der Waals surface area contributed by atoms with E-state index in [9.17, 15) is 0 Å². The van der Waals surface area contributed by atoms with Gasteiger partial charge in [-0.1, -0.05) is 13.0 Å². The molecular formula is C17H30N4. The molecule has 0 bridgehead atoms. The Morgan fingerprint density at radius 3 is 2.71 bits per heavy atom. The number of hydrogen-bond donors (Lipinski definition) is 1. The number of nitrogens with zero attached hydrogens (tertiary/aromatic N) is 3. The maximum Gasteiger partial charge on any atom is 0.125 e. The van der Waals surface area contributed by atoms with Crippen molar-refractivity contribution in [3.05, 3.63) is 23.9 Å². The van der Waals surface area contributed by atoms with Gasteiger partial charge < -0.3 is 15.1 Å². The third-order valence-electron chi connectivity index (χ3n) is 4.24. The molecule has 0 aliphatic carbocycles. The van der Waals surface area contributed by atoms with Crippen molar-refractivity contribution in [2.24, 2.45) is 5.92 Å². The maximum atomic E-state index is 4.48. The standard InChI is InChI=1S/C17H30N4/c1-4-9-18-17-6-5-16(12-19-17)14-21(3)13-15-7-10-20(2)11-8-15/h5-6,12,15H,4,7-11,13-14H2,1-3H3,(H,18,19). The zero-order valence-corrected chi connectivity index (χ0v) is 13.8. The van der Waals surface area contributed by atoms with Gasteiger partial charge in [-0.25, -0.2) is 4.98 Å². The van der Waals surface area contributed by atoms with Crippen molar-refractivity contribution in [3.63, 3.8) is 0 Å². The van der Waals surface area contributed by atoms with Crippen LogP contribution in [-0.2, 0) is 6.54 Å². The van der Waals surface area contributed by atoms with Crippen LogP contribution >= 0.6 is 0 Å². The van der Waals surface area contributed by atoms with Gasteiger partial charge in [0.25, 0.3) is 0 Å². The van der Waals surface area contributed by atoms with Gasteiger partial charge in [0.2, 0.25) is 0 Å². The minimum atomic E-state index is 0.852. The van der Waals surface area contributed by atoms with E-state index in [1.54, 1.807) is 0 Å². The fraction of sp³-hybridized carbons (Fsp3) is 0.706. The Balaban J connectivity index is 1.75. The number of hydrogen-bond acceptors (Lipinski definition) is 4. The number of anilines is 1. The molecule has 2 heterocycles. The molecule has 0 atom stereocenters. The Bertz CT molecular complexity index is 396. The molecule has 1 aromatic heterocycles. The molecule has 118 valence electrons. The van der Waals surface area contributed by atoms with E-state index in [1.165, 1.54) is 38.0 Å². The molecular weight excluding hydrogens is 260 g/mol. The number of likely N-dealkylation sites (tertiary alicyclic amines) is 1. The van der Waals surface area contributed by atoms with Crippen LogP contribution in [0, 0.1) is 5.92 Å². The minimum Gasteiger partial charge on any atom is -0.370 e. The van der Waals surface area contributed by atoms with Gasteiger partial charge in [0.05, 0.1) is 0 Å². The highest BCUT2D eigenvalue weighted by molar-refractivity contribution is 5.35. The molecule has 4 heteroatoms. The van der Waals surface area contributed by atoms with Crippen LogP contribution in [0.4, 0.5) is 5.82 Å².